The zero-order valence-corrected chi connectivity index (χ0v) is 28.0. The van der Waals surface area contributed by atoms with Gasteiger partial charge in [-0.15, -0.1) is 11.8 Å². The first kappa shape index (κ1) is 29.3. The highest BCUT2D eigenvalue weighted by atomic mass is 32.2. The van der Waals surface area contributed by atoms with E-state index in [2.05, 4.69) is 168 Å². The smallest absolute Gasteiger partial charge is 0.126 e. The zero-order valence-electron chi connectivity index (χ0n) is 27.2. The van der Waals surface area contributed by atoms with Gasteiger partial charge in [-0.3, -0.25) is 4.99 Å². The molecule has 5 heteroatoms. The van der Waals surface area contributed by atoms with Crippen molar-refractivity contribution in [2.75, 3.05) is 0 Å². The standard InChI is InChI=1S/C45H33N4S/c1-4-12-29(13-5-1)33-22-25-39-36(26-33)37-28-42-38(35-18-10-11-19-41(35)50-42)27-40(37)49(39)34-23-20-32(21-24-34)45-47-43(30-14-6-2-7-15-30)46-44(48-45)31-16-8-3-9-17-31/h1-28,35,41,43-44H,(H,47,48)/q-1/t35?,41-,43?,44?/m1/s1. The van der Waals surface area contributed by atoms with Crippen LogP contribution < -0.4 is 5.32 Å². The number of hydrogen-bond acceptors (Lipinski definition) is 3. The molecule has 1 aromatic heterocycles. The van der Waals surface area contributed by atoms with E-state index < -0.39 is 0 Å². The van der Waals surface area contributed by atoms with Crippen molar-refractivity contribution in [1.82, 2.24) is 9.88 Å². The van der Waals surface area contributed by atoms with Crippen LogP contribution in [0, 0.1) is 0 Å². The number of nitrogens with zero attached hydrogens (tertiary/aromatic N) is 3. The average molecular weight is 662 g/mol. The van der Waals surface area contributed by atoms with Crippen molar-refractivity contribution in [2.24, 2.45) is 4.99 Å². The Bertz CT molecular complexity index is 2460. The number of allylic oxidation sites excluding steroid dienone is 3. The molecule has 2 aliphatic heterocycles. The van der Waals surface area contributed by atoms with Crippen LogP contribution in [0.2, 0.25) is 0 Å². The second-order valence-electron chi connectivity index (χ2n) is 13.1. The number of rotatable bonds is 5. The Hall–Kier alpha value is -5.62. The quantitative estimate of drug-likeness (QED) is 0.199. The highest BCUT2D eigenvalue weighted by Crippen LogP contribution is 2.50. The summed E-state index contributed by atoms with van der Waals surface area (Å²) in [5.41, 5.74) is 10.7. The number of hydrogen-bond donors (Lipinski definition) is 1. The van der Waals surface area contributed by atoms with Crippen molar-refractivity contribution in [2.45, 2.75) is 28.4 Å². The van der Waals surface area contributed by atoms with Crippen LogP contribution in [0.4, 0.5) is 0 Å². The first-order valence-electron chi connectivity index (χ1n) is 17.2. The van der Waals surface area contributed by atoms with Gasteiger partial charge in [0.1, 0.15) is 5.84 Å². The molecular weight excluding hydrogens is 629 g/mol. The summed E-state index contributed by atoms with van der Waals surface area (Å²) >= 11 is 1.99. The summed E-state index contributed by atoms with van der Waals surface area (Å²) in [4.78, 5) is 6.51. The van der Waals surface area contributed by atoms with Crippen molar-refractivity contribution in [3.05, 3.63) is 197 Å². The van der Waals surface area contributed by atoms with Crippen LogP contribution in [0.1, 0.15) is 40.5 Å². The van der Waals surface area contributed by atoms with Crippen LogP contribution in [-0.2, 0) is 0 Å². The molecule has 0 amide bonds. The zero-order chi connectivity index (χ0) is 33.0. The van der Waals surface area contributed by atoms with Gasteiger partial charge in [-0.2, -0.15) is 0 Å². The van der Waals surface area contributed by atoms with Gasteiger partial charge in [-0.25, -0.2) is 0 Å². The summed E-state index contributed by atoms with van der Waals surface area (Å²) in [6.45, 7) is 0. The van der Waals surface area contributed by atoms with E-state index in [1.165, 1.54) is 43.4 Å². The predicted molar refractivity (Wildman–Crippen MR) is 208 cm³/mol. The topological polar surface area (TPSA) is 43.4 Å². The molecule has 1 N–H and O–H groups in total. The Balaban J connectivity index is 1.09. The van der Waals surface area contributed by atoms with Gasteiger partial charge in [-0.1, -0.05) is 121 Å². The van der Waals surface area contributed by atoms with Crippen molar-refractivity contribution in [3.8, 4) is 16.8 Å². The molecule has 0 radical (unpaired) electrons. The molecule has 0 saturated carbocycles. The molecule has 0 saturated heterocycles. The predicted octanol–water partition coefficient (Wildman–Crippen LogP) is 11.3. The molecule has 6 aromatic carbocycles. The molecule has 3 heterocycles. The molecule has 1 aliphatic carbocycles. The Morgan fingerprint density at radius 3 is 2.06 bits per heavy atom. The van der Waals surface area contributed by atoms with E-state index in [1.807, 2.05) is 23.9 Å². The lowest BCUT2D eigenvalue weighted by molar-refractivity contribution is 0.631. The summed E-state index contributed by atoms with van der Waals surface area (Å²) in [5.74, 6) is 1.25. The largest absolute Gasteiger partial charge is 0.613 e. The van der Waals surface area contributed by atoms with Crippen molar-refractivity contribution < 1.29 is 0 Å². The maximum atomic E-state index is 5.12. The van der Waals surface area contributed by atoms with Crippen LogP contribution in [0.3, 0.4) is 0 Å². The number of thioether (sulfide) groups is 1. The third kappa shape index (κ3) is 5.01. The second-order valence-corrected chi connectivity index (χ2v) is 14.4. The van der Waals surface area contributed by atoms with Crippen LogP contribution in [0.25, 0.3) is 43.9 Å². The Kier molecular flexibility index (Phi) is 7.07. The van der Waals surface area contributed by atoms with Crippen molar-refractivity contribution in [1.29, 1.82) is 0 Å². The maximum Gasteiger partial charge on any atom is 0.126 e. The SMILES string of the molecule is C1=CC2c3cc4c(cc3S[C@@H]2C=C1)c1cc(-c2ccccc2)ccc1n4-c1ccc(C2=NC(c3ccccc3)[N-]C(c3ccccc3)N2)cc1. The van der Waals surface area contributed by atoms with Gasteiger partial charge in [-0.05, 0) is 88.7 Å². The fourth-order valence-electron chi connectivity index (χ4n) is 7.66. The second kappa shape index (κ2) is 12.1. The van der Waals surface area contributed by atoms with Crippen molar-refractivity contribution in [3.63, 3.8) is 0 Å². The van der Waals surface area contributed by atoms with Gasteiger partial charge in [0.15, 0.2) is 0 Å². The van der Waals surface area contributed by atoms with E-state index in [0.717, 1.165) is 28.2 Å². The monoisotopic (exact) mass is 661 g/mol. The third-order valence-electron chi connectivity index (χ3n) is 10.1. The van der Waals surface area contributed by atoms with E-state index in [1.54, 1.807) is 0 Å². The van der Waals surface area contributed by atoms with E-state index in [9.17, 15) is 0 Å². The summed E-state index contributed by atoms with van der Waals surface area (Å²) in [7, 11) is 0. The third-order valence-corrected chi connectivity index (χ3v) is 11.5. The minimum absolute atomic E-state index is 0.197. The number of aliphatic imine (C=N–C) groups is 1. The number of fused-ring (bicyclic) bond motifs is 6. The lowest BCUT2D eigenvalue weighted by atomic mass is 9.92. The molecule has 4 atom stereocenters. The Labute approximate surface area is 295 Å². The molecule has 0 spiro atoms. The summed E-state index contributed by atoms with van der Waals surface area (Å²) in [5, 5.41) is 11.7. The Morgan fingerprint density at radius 1 is 0.600 bits per heavy atom. The highest BCUT2D eigenvalue weighted by molar-refractivity contribution is 8.00. The minimum Gasteiger partial charge on any atom is -0.613 e. The van der Waals surface area contributed by atoms with E-state index in [0.29, 0.717) is 11.2 Å². The number of nitrogens with one attached hydrogen (secondary N) is 1. The molecule has 0 fully saturated rings. The molecular formula is C45H33N4S-. The maximum absolute atomic E-state index is 5.12. The summed E-state index contributed by atoms with van der Waals surface area (Å²) in [6.07, 6.45) is 8.60. The molecule has 0 bridgehead atoms. The van der Waals surface area contributed by atoms with E-state index in [4.69, 9.17) is 10.3 Å². The van der Waals surface area contributed by atoms with Gasteiger partial charge in [0.2, 0.25) is 0 Å². The summed E-state index contributed by atoms with van der Waals surface area (Å²) < 4.78 is 2.44. The Morgan fingerprint density at radius 2 is 1.28 bits per heavy atom. The summed E-state index contributed by atoms with van der Waals surface area (Å²) in [6, 6.07) is 52.1. The molecule has 10 rings (SSSR count). The average Bonchev–Trinajstić information content (AvgIpc) is 3.72. The van der Waals surface area contributed by atoms with Gasteiger partial charge >= 0.3 is 0 Å². The first-order chi connectivity index (χ1) is 24.8. The number of amidine groups is 1. The fraction of sp³-hybridized carbons (Fsp3) is 0.0889. The van der Waals surface area contributed by atoms with Gasteiger partial charge in [0.05, 0.1) is 11.0 Å². The van der Waals surface area contributed by atoms with Crippen LogP contribution in [0.15, 0.2) is 180 Å². The highest BCUT2D eigenvalue weighted by Gasteiger charge is 2.32. The van der Waals surface area contributed by atoms with Gasteiger partial charge in [0.25, 0.3) is 0 Å². The normalized spacial score (nSPS) is 20.8. The molecule has 7 aromatic rings. The molecule has 50 heavy (non-hydrogen) atoms. The van der Waals surface area contributed by atoms with E-state index >= 15 is 0 Å². The first-order valence-corrected chi connectivity index (χ1v) is 18.1. The van der Waals surface area contributed by atoms with Crippen LogP contribution >= 0.6 is 11.8 Å². The van der Waals surface area contributed by atoms with Crippen LogP contribution in [0.5, 0.6) is 0 Å². The molecule has 4 nitrogen and oxygen atoms in total. The molecule has 3 unspecified atom stereocenters. The number of benzene rings is 6. The fourth-order valence-corrected chi connectivity index (χ4v) is 9.02. The lowest BCUT2D eigenvalue weighted by Gasteiger charge is -2.44. The molecule has 3 aliphatic rings. The van der Waals surface area contributed by atoms with Crippen LogP contribution in [-0.4, -0.2) is 15.7 Å². The van der Waals surface area contributed by atoms with E-state index in [-0.39, 0.29) is 12.3 Å². The van der Waals surface area contributed by atoms with Crippen molar-refractivity contribution >= 4 is 39.4 Å². The van der Waals surface area contributed by atoms with Gasteiger partial charge in [0, 0.05) is 38.1 Å². The number of aromatic nitrogens is 1. The minimum atomic E-state index is -0.291. The molecule has 240 valence electrons. The van der Waals surface area contributed by atoms with Gasteiger partial charge < -0.3 is 15.2 Å². The lowest BCUT2D eigenvalue weighted by Crippen LogP contribution is -2.34.